The Labute approximate surface area is 204 Å². The van der Waals surface area contributed by atoms with Crippen LogP contribution in [0, 0.1) is 13.8 Å². The van der Waals surface area contributed by atoms with Gasteiger partial charge in [0.25, 0.3) is 0 Å². The van der Waals surface area contributed by atoms with Crippen LogP contribution in [0.25, 0.3) is 0 Å². The molecule has 0 spiro atoms. The highest BCUT2D eigenvalue weighted by Crippen LogP contribution is 2.32. The minimum absolute atomic E-state index is 0.0549. The second kappa shape index (κ2) is 11.2. The zero-order chi connectivity index (χ0) is 24.8. The molecule has 0 aliphatic carbocycles. The molecule has 2 heterocycles. The lowest BCUT2D eigenvalue weighted by atomic mass is 10.1. The molecule has 0 unspecified atom stereocenters. The molecule has 2 aliphatic heterocycles. The molecule has 4 rings (SSSR count). The van der Waals surface area contributed by atoms with Crippen molar-refractivity contribution >= 4 is 29.2 Å². The van der Waals surface area contributed by atoms with Crippen LogP contribution in [0.5, 0.6) is 11.5 Å². The lowest BCUT2D eigenvalue weighted by molar-refractivity contribution is -0.122. The van der Waals surface area contributed by atoms with E-state index in [1.807, 2.05) is 36.9 Å². The Morgan fingerprint density at radius 2 is 1.49 bits per heavy atom. The van der Waals surface area contributed by atoms with Gasteiger partial charge in [-0.3, -0.25) is 24.7 Å². The summed E-state index contributed by atoms with van der Waals surface area (Å²) in [5.41, 5.74) is 3.54. The van der Waals surface area contributed by atoms with Crippen LogP contribution in [0.4, 0.5) is 16.2 Å². The second-order valence-electron chi connectivity index (χ2n) is 8.71. The number of piperazine rings is 1. The molecule has 2 aromatic carbocycles. The number of hydrogen-bond acceptors (Lipinski definition) is 7. The second-order valence-corrected chi connectivity index (χ2v) is 8.71. The highest BCUT2D eigenvalue weighted by Gasteiger charge is 2.22. The topological polar surface area (TPSA) is 112 Å². The van der Waals surface area contributed by atoms with E-state index in [4.69, 9.17) is 9.47 Å². The van der Waals surface area contributed by atoms with Crippen molar-refractivity contribution in [3.8, 4) is 11.5 Å². The highest BCUT2D eigenvalue weighted by atomic mass is 16.6. The Kier molecular flexibility index (Phi) is 7.84. The summed E-state index contributed by atoms with van der Waals surface area (Å²) < 4.78 is 11.0. The molecule has 2 aromatic rings. The van der Waals surface area contributed by atoms with Crippen LogP contribution in [-0.4, -0.2) is 80.1 Å². The molecule has 3 N–H and O–H groups in total. The third-order valence-electron chi connectivity index (χ3n) is 6.13. The Morgan fingerprint density at radius 3 is 2.20 bits per heavy atom. The van der Waals surface area contributed by atoms with Gasteiger partial charge in [-0.15, -0.1) is 0 Å². The number of amides is 4. The molecule has 1 fully saturated rings. The quantitative estimate of drug-likeness (QED) is 0.578. The number of carbonyl (C=O) groups is 3. The van der Waals surface area contributed by atoms with Gasteiger partial charge in [0.05, 0.1) is 13.1 Å². The lowest BCUT2D eigenvalue weighted by Gasteiger charge is -2.33. The molecule has 186 valence electrons. The molecule has 2 aliphatic rings. The molecular weight excluding hydrogens is 450 g/mol. The number of imide groups is 1. The van der Waals surface area contributed by atoms with Gasteiger partial charge in [-0.2, -0.15) is 0 Å². The van der Waals surface area contributed by atoms with Crippen LogP contribution in [0.15, 0.2) is 36.4 Å². The lowest BCUT2D eigenvalue weighted by Crippen LogP contribution is -2.51. The van der Waals surface area contributed by atoms with Gasteiger partial charge < -0.3 is 20.1 Å². The van der Waals surface area contributed by atoms with Crippen LogP contribution >= 0.6 is 0 Å². The van der Waals surface area contributed by atoms with Crippen molar-refractivity contribution in [2.75, 3.05) is 63.1 Å². The summed E-state index contributed by atoms with van der Waals surface area (Å²) in [5.74, 6) is 0.739. The summed E-state index contributed by atoms with van der Waals surface area (Å²) in [6.07, 6.45) is 0. The average Bonchev–Trinajstić information content (AvgIpc) is 2.83. The van der Waals surface area contributed by atoms with Gasteiger partial charge in [0.2, 0.25) is 11.8 Å². The minimum atomic E-state index is -0.603. The predicted molar refractivity (Wildman–Crippen MR) is 132 cm³/mol. The molecule has 0 aromatic heterocycles. The van der Waals surface area contributed by atoms with Gasteiger partial charge in [-0.1, -0.05) is 12.1 Å². The number of anilines is 2. The van der Waals surface area contributed by atoms with E-state index >= 15 is 0 Å². The normalized spacial score (nSPS) is 15.8. The standard InChI is InChI=1S/C25H31N5O5/c1-17-4-3-5-20(18(17)2)27-23(31)15-29-8-10-30(11-9-29)16-24(32)28-25(33)26-19-6-7-21-22(14-19)35-13-12-34-21/h3-7,14H,8-13,15-16H2,1-2H3,(H,27,31)(H2,26,28,32,33). The average molecular weight is 482 g/mol. The van der Waals surface area contributed by atoms with Gasteiger partial charge in [0.15, 0.2) is 11.5 Å². The van der Waals surface area contributed by atoms with Crippen molar-refractivity contribution < 1.29 is 23.9 Å². The van der Waals surface area contributed by atoms with Crippen molar-refractivity contribution in [3.05, 3.63) is 47.5 Å². The van der Waals surface area contributed by atoms with Gasteiger partial charge in [0, 0.05) is 43.6 Å². The van der Waals surface area contributed by atoms with Crippen molar-refractivity contribution in [3.63, 3.8) is 0 Å². The number of nitrogens with zero attached hydrogens (tertiary/aromatic N) is 2. The number of aryl methyl sites for hydroxylation is 1. The van der Waals surface area contributed by atoms with Crippen LogP contribution in [0.2, 0.25) is 0 Å². The molecule has 1 saturated heterocycles. The fourth-order valence-electron chi connectivity index (χ4n) is 4.04. The maximum atomic E-state index is 12.5. The Bertz CT molecular complexity index is 1100. The van der Waals surface area contributed by atoms with E-state index in [1.165, 1.54) is 0 Å². The molecule has 10 heteroatoms. The van der Waals surface area contributed by atoms with E-state index in [9.17, 15) is 14.4 Å². The van der Waals surface area contributed by atoms with Crippen molar-refractivity contribution in [2.24, 2.45) is 0 Å². The Balaban J connectivity index is 1.17. The van der Waals surface area contributed by atoms with Crippen molar-refractivity contribution in [1.29, 1.82) is 0 Å². The molecular formula is C25H31N5O5. The van der Waals surface area contributed by atoms with E-state index in [-0.39, 0.29) is 18.4 Å². The molecule has 35 heavy (non-hydrogen) atoms. The third kappa shape index (κ3) is 6.71. The van der Waals surface area contributed by atoms with E-state index < -0.39 is 6.03 Å². The van der Waals surface area contributed by atoms with Gasteiger partial charge in [-0.05, 0) is 43.2 Å². The van der Waals surface area contributed by atoms with Crippen LogP contribution in [0.1, 0.15) is 11.1 Å². The molecule has 0 atom stereocenters. The number of fused-ring (bicyclic) bond motifs is 1. The number of carbonyl (C=O) groups excluding carboxylic acids is 3. The fraction of sp³-hybridized carbons (Fsp3) is 0.400. The van der Waals surface area contributed by atoms with E-state index in [1.54, 1.807) is 18.2 Å². The number of rotatable bonds is 6. The molecule has 10 nitrogen and oxygen atoms in total. The van der Waals surface area contributed by atoms with E-state index in [0.717, 1.165) is 16.8 Å². The number of hydrogen-bond donors (Lipinski definition) is 3. The third-order valence-corrected chi connectivity index (χ3v) is 6.13. The highest BCUT2D eigenvalue weighted by molar-refractivity contribution is 6.01. The smallest absolute Gasteiger partial charge is 0.325 e. The summed E-state index contributed by atoms with van der Waals surface area (Å²) in [6.45, 7) is 7.95. The maximum Gasteiger partial charge on any atom is 0.325 e. The molecule has 0 saturated carbocycles. The molecule has 0 radical (unpaired) electrons. The SMILES string of the molecule is Cc1cccc(NC(=O)CN2CCN(CC(=O)NC(=O)Nc3ccc4c(c3)OCCO4)CC2)c1C. The molecule has 0 bridgehead atoms. The van der Waals surface area contributed by atoms with E-state index in [2.05, 4.69) is 20.9 Å². The Morgan fingerprint density at radius 1 is 0.829 bits per heavy atom. The fourth-order valence-corrected chi connectivity index (χ4v) is 4.04. The zero-order valence-electron chi connectivity index (χ0n) is 20.1. The number of benzene rings is 2. The first kappa shape index (κ1) is 24.5. The summed E-state index contributed by atoms with van der Waals surface area (Å²) in [6, 6.07) is 10.3. The maximum absolute atomic E-state index is 12.5. The number of nitrogens with one attached hydrogen (secondary N) is 3. The predicted octanol–water partition coefficient (Wildman–Crippen LogP) is 1.98. The van der Waals surface area contributed by atoms with Crippen LogP contribution in [-0.2, 0) is 9.59 Å². The van der Waals surface area contributed by atoms with E-state index in [0.29, 0.717) is 63.1 Å². The van der Waals surface area contributed by atoms with Crippen molar-refractivity contribution in [1.82, 2.24) is 15.1 Å². The number of urea groups is 1. The van der Waals surface area contributed by atoms with Crippen LogP contribution < -0.4 is 25.4 Å². The first-order valence-corrected chi connectivity index (χ1v) is 11.7. The molecule has 4 amide bonds. The van der Waals surface area contributed by atoms with Gasteiger partial charge in [-0.25, -0.2) is 4.79 Å². The summed E-state index contributed by atoms with van der Waals surface area (Å²) >= 11 is 0. The minimum Gasteiger partial charge on any atom is -0.486 e. The monoisotopic (exact) mass is 481 g/mol. The summed E-state index contributed by atoms with van der Waals surface area (Å²) in [5, 5.41) is 7.98. The van der Waals surface area contributed by atoms with Crippen molar-refractivity contribution in [2.45, 2.75) is 13.8 Å². The number of ether oxygens (including phenoxy) is 2. The van der Waals surface area contributed by atoms with Crippen LogP contribution in [0.3, 0.4) is 0 Å². The first-order valence-electron chi connectivity index (χ1n) is 11.7. The Hall–Kier alpha value is -3.63. The zero-order valence-corrected chi connectivity index (χ0v) is 20.1. The largest absolute Gasteiger partial charge is 0.486 e. The summed E-state index contributed by atoms with van der Waals surface area (Å²) in [4.78, 5) is 41.0. The van der Waals surface area contributed by atoms with Gasteiger partial charge in [0.1, 0.15) is 13.2 Å². The van der Waals surface area contributed by atoms with Gasteiger partial charge >= 0.3 is 6.03 Å². The summed E-state index contributed by atoms with van der Waals surface area (Å²) in [7, 11) is 0. The first-order chi connectivity index (χ1) is 16.9.